The molecule has 14 heteroatoms. The van der Waals surface area contributed by atoms with E-state index in [9.17, 15) is 9.18 Å². The molecule has 1 unspecified atom stereocenters. The van der Waals surface area contributed by atoms with E-state index in [0.717, 1.165) is 36.8 Å². The van der Waals surface area contributed by atoms with Crippen molar-refractivity contribution in [1.29, 1.82) is 0 Å². The van der Waals surface area contributed by atoms with Gasteiger partial charge in [-0.3, -0.25) is 9.36 Å². The van der Waals surface area contributed by atoms with Crippen LogP contribution in [0.3, 0.4) is 0 Å². The molecule has 288 valence electrons. The summed E-state index contributed by atoms with van der Waals surface area (Å²) >= 11 is 1.12. The van der Waals surface area contributed by atoms with Crippen molar-refractivity contribution in [3.63, 3.8) is 0 Å². The smallest absolute Gasteiger partial charge is 0.174 e. The number of hydrogen-bond acceptors (Lipinski definition) is 10. The number of ether oxygens (including phenoxy) is 3. The fourth-order valence-corrected chi connectivity index (χ4v) is 6.44. The summed E-state index contributed by atoms with van der Waals surface area (Å²) in [7, 11) is 8.19. The van der Waals surface area contributed by atoms with E-state index in [4.69, 9.17) is 24.4 Å². The maximum atomic E-state index is 15.3. The number of benzene rings is 4. The Hall–Kier alpha value is -5.02. The minimum Gasteiger partial charge on any atom is -0.494 e. The number of halogens is 3. The van der Waals surface area contributed by atoms with Gasteiger partial charge in [0.25, 0.3) is 0 Å². The zero-order chi connectivity index (χ0) is 39.2. The van der Waals surface area contributed by atoms with E-state index in [1.165, 1.54) is 31.4 Å². The third-order valence-corrected chi connectivity index (χ3v) is 9.47. The predicted octanol–water partition coefficient (Wildman–Crippen LogP) is 7.58. The van der Waals surface area contributed by atoms with Gasteiger partial charge >= 0.3 is 0 Å². The van der Waals surface area contributed by atoms with Crippen molar-refractivity contribution >= 4 is 29.6 Å². The number of nitrogens with one attached hydrogen (secondary N) is 1. The zero-order valence-electron chi connectivity index (χ0n) is 30.8. The number of aromatic nitrogens is 2. The lowest BCUT2D eigenvalue weighted by molar-refractivity contribution is 0.0862. The van der Waals surface area contributed by atoms with Gasteiger partial charge in [0.15, 0.2) is 28.2 Å². The summed E-state index contributed by atoms with van der Waals surface area (Å²) < 4.78 is 62.7. The standard InChI is InChI=1S/C33H28F3N3O4S.C7H17NO2/c1-38(23-10-12-29(41-2)31(15-23)43-4)32-17-37-33(39(32)24-9-11-26(34)30(16-24)42-3)44-19-25-27(35)13-22(14-28(25)36)21-7-5-20(18-40)6-8-21;1-8-5-3-2-4-7(10)6-9/h5-18H,19H2,1-4H3;7-10H,2-6H2,1H3. The van der Waals surface area contributed by atoms with Crippen LogP contribution in [0.4, 0.5) is 24.7 Å². The maximum absolute atomic E-state index is 15.3. The van der Waals surface area contributed by atoms with Gasteiger partial charge in [-0.05, 0) is 80.4 Å². The van der Waals surface area contributed by atoms with Crippen LogP contribution in [0.15, 0.2) is 84.1 Å². The Morgan fingerprint density at radius 3 is 2.17 bits per heavy atom. The van der Waals surface area contributed by atoms with Crippen LogP contribution in [-0.4, -0.2) is 80.7 Å². The van der Waals surface area contributed by atoms with Gasteiger partial charge < -0.3 is 34.6 Å². The third-order valence-electron chi connectivity index (χ3n) is 8.49. The first-order valence-electron chi connectivity index (χ1n) is 17.1. The van der Waals surface area contributed by atoms with E-state index in [-0.39, 0.29) is 23.7 Å². The number of aldehydes is 1. The molecule has 5 rings (SSSR count). The number of hydrogen-bond donors (Lipinski definition) is 3. The number of methoxy groups -OCH3 is 3. The van der Waals surface area contributed by atoms with E-state index in [0.29, 0.717) is 57.6 Å². The molecule has 0 aliphatic heterocycles. The SMILES string of the molecule is CNCCCCC(O)CO.COc1cc(-n2c(N(C)c3ccc(OC)c(OC)c3)cnc2SCc2c(F)cc(-c3ccc(C=O)cc3)cc2F)ccc1F. The van der Waals surface area contributed by atoms with Crippen molar-refractivity contribution in [2.45, 2.75) is 36.3 Å². The van der Waals surface area contributed by atoms with Gasteiger partial charge in [0, 0.05) is 41.7 Å². The quantitative estimate of drug-likeness (QED) is 0.0497. The molecule has 0 aliphatic carbocycles. The van der Waals surface area contributed by atoms with Gasteiger partial charge in [-0.1, -0.05) is 36.0 Å². The number of carbonyl (C=O) groups excluding carboxylic acids is 1. The molecule has 0 bridgehead atoms. The molecule has 5 aromatic rings. The Morgan fingerprint density at radius 1 is 0.870 bits per heavy atom. The van der Waals surface area contributed by atoms with Crippen LogP contribution in [0.25, 0.3) is 16.8 Å². The number of carbonyl (C=O) groups is 1. The molecule has 0 saturated carbocycles. The number of nitrogens with zero attached hydrogens (tertiary/aromatic N) is 3. The fraction of sp³-hybridized carbons (Fsp3) is 0.300. The zero-order valence-corrected chi connectivity index (χ0v) is 31.6. The molecule has 0 amide bonds. The van der Waals surface area contributed by atoms with E-state index >= 15 is 8.78 Å². The van der Waals surface area contributed by atoms with Gasteiger partial charge in [-0.15, -0.1) is 0 Å². The first-order valence-corrected chi connectivity index (χ1v) is 18.0. The van der Waals surface area contributed by atoms with Crippen LogP contribution < -0.4 is 24.4 Å². The lowest BCUT2D eigenvalue weighted by Crippen LogP contribution is -2.14. The highest BCUT2D eigenvalue weighted by molar-refractivity contribution is 7.98. The summed E-state index contributed by atoms with van der Waals surface area (Å²) in [6, 6.07) is 18.8. The molecule has 0 spiro atoms. The molecule has 4 aromatic carbocycles. The van der Waals surface area contributed by atoms with Crippen molar-refractivity contribution in [2.24, 2.45) is 0 Å². The third kappa shape index (κ3) is 10.6. The Kier molecular flexibility index (Phi) is 15.8. The minimum absolute atomic E-state index is 0.0284. The van der Waals surface area contributed by atoms with Crippen molar-refractivity contribution in [3.05, 3.63) is 108 Å². The highest BCUT2D eigenvalue weighted by Gasteiger charge is 2.21. The number of unbranched alkanes of at least 4 members (excludes halogenated alkanes) is 1. The molecule has 0 aliphatic rings. The summed E-state index contributed by atoms with van der Waals surface area (Å²) in [5, 5.41) is 20.7. The number of aliphatic hydroxyl groups is 2. The second-order valence-electron chi connectivity index (χ2n) is 12.0. The Labute approximate surface area is 317 Å². The molecule has 1 atom stereocenters. The summed E-state index contributed by atoms with van der Waals surface area (Å²) in [5.41, 5.74) is 2.54. The van der Waals surface area contributed by atoms with Crippen LogP contribution >= 0.6 is 11.8 Å². The van der Waals surface area contributed by atoms with Crippen LogP contribution in [0.2, 0.25) is 0 Å². The molecule has 1 heterocycles. The van der Waals surface area contributed by atoms with Crippen LogP contribution in [0.1, 0.15) is 35.2 Å². The van der Waals surface area contributed by atoms with E-state index < -0.39 is 23.6 Å². The number of anilines is 2. The second-order valence-corrected chi connectivity index (χ2v) is 13.0. The van der Waals surface area contributed by atoms with Gasteiger partial charge in [-0.25, -0.2) is 18.2 Å². The average molecular weight is 767 g/mol. The van der Waals surface area contributed by atoms with Gasteiger partial charge in [0.2, 0.25) is 0 Å². The first kappa shape index (κ1) is 41.7. The molecule has 0 saturated heterocycles. The molecule has 0 fully saturated rings. The average Bonchev–Trinajstić information content (AvgIpc) is 3.62. The molecule has 1 aromatic heterocycles. The fourth-order valence-electron chi connectivity index (χ4n) is 5.43. The van der Waals surface area contributed by atoms with Crippen molar-refractivity contribution in [3.8, 4) is 34.1 Å². The molecule has 54 heavy (non-hydrogen) atoms. The second kappa shape index (κ2) is 20.4. The summed E-state index contributed by atoms with van der Waals surface area (Å²) in [5.74, 6) is -0.334. The molecule has 0 radical (unpaired) electrons. The highest BCUT2D eigenvalue weighted by atomic mass is 32.2. The largest absolute Gasteiger partial charge is 0.494 e. The topological polar surface area (TPSA) is 118 Å². The lowest BCUT2D eigenvalue weighted by Gasteiger charge is -2.23. The predicted molar refractivity (Wildman–Crippen MR) is 205 cm³/mol. The Balaban J connectivity index is 0.000000571. The molecule has 10 nitrogen and oxygen atoms in total. The van der Waals surface area contributed by atoms with Crippen LogP contribution in [-0.2, 0) is 5.75 Å². The van der Waals surface area contributed by atoms with Gasteiger partial charge in [0.05, 0.1) is 45.9 Å². The molecular formula is C40H45F3N4O6S. The highest BCUT2D eigenvalue weighted by Crippen LogP contribution is 2.38. The van der Waals surface area contributed by atoms with E-state index in [2.05, 4.69) is 10.3 Å². The summed E-state index contributed by atoms with van der Waals surface area (Å²) in [6.45, 7) is 0.873. The van der Waals surface area contributed by atoms with Crippen LogP contribution in [0, 0.1) is 17.5 Å². The monoisotopic (exact) mass is 766 g/mol. The number of aliphatic hydroxyl groups excluding tert-OH is 2. The number of imidazole rings is 1. The van der Waals surface area contributed by atoms with Crippen molar-refractivity contribution in [2.75, 3.05) is 53.5 Å². The summed E-state index contributed by atoms with van der Waals surface area (Å²) in [6.07, 6.45) is 4.55. The van der Waals surface area contributed by atoms with Crippen LogP contribution in [0.5, 0.6) is 17.2 Å². The van der Waals surface area contributed by atoms with Crippen molar-refractivity contribution < 1.29 is 42.4 Å². The maximum Gasteiger partial charge on any atom is 0.174 e. The first-order chi connectivity index (χ1) is 26.1. The Morgan fingerprint density at radius 2 is 1.56 bits per heavy atom. The normalized spacial score (nSPS) is 11.4. The summed E-state index contributed by atoms with van der Waals surface area (Å²) in [4.78, 5) is 17.4. The Bertz CT molecular complexity index is 1960. The lowest BCUT2D eigenvalue weighted by atomic mass is 10.0. The van der Waals surface area contributed by atoms with Crippen molar-refractivity contribution in [1.82, 2.24) is 14.9 Å². The molecular weight excluding hydrogens is 722 g/mol. The van der Waals surface area contributed by atoms with Gasteiger partial charge in [0.1, 0.15) is 23.7 Å². The molecule has 3 N–H and O–H groups in total. The van der Waals surface area contributed by atoms with E-state index in [1.807, 2.05) is 25.1 Å². The number of rotatable bonds is 17. The van der Waals surface area contributed by atoms with E-state index in [1.54, 1.807) is 67.4 Å². The minimum atomic E-state index is -0.712. The van der Waals surface area contributed by atoms with Gasteiger partial charge in [-0.2, -0.15) is 0 Å². The number of thioether (sulfide) groups is 1.